The lowest BCUT2D eigenvalue weighted by atomic mass is 9.77. The van der Waals surface area contributed by atoms with Crippen LogP contribution in [-0.2, 0) is 13.3 Å². The van der Waals surface area contributed by atoms with Crippen LogP contribution in [0.2, 0.25) is 0 Å². The molecular formula is C26H40O3Si. The quantitative estimate of drug-likeness (QED) is 0.257. The lowest BCUT2D eigenvalue weighted by Crippen LogP contribution is -2.50. The van der Waals surface area contributed by atoms with Crippen molar-refractivity contribution in [2.24, 2.45) is 17.8 Å². The minimum atomic E-state index is -3.04. The Morgan fingerprint density at radius 1 is 0.767 bits per heavy atom. The van der Waals surface area contributed by atoms with E-state index < -0.39 is 8.80 Å². The number of benzene rings is 1. The van der Waals surface area contributed by atoms with Crippen molar-refractivity contribution in [1.29, 1.82) is 0 Å². The Morgan fingerprint density at radius 3 is 1.63 bits per heavy atom. The summed E-state index contributed by atoms with van der Waals surface area (Å²) < 4.78 is 17.6. The molecule has 1 aromatic carbocycles. The van der Waals surface area contributed by atoms with E-state index >= 15 is 0 Å². The second-order valence-electron chi connectivity index (χ2n) is 7.96. The minimum absolute atomic E-state index is 0.0244. The van der Waals surface area contributed by atoms with Gasteiger partial charge in [-0.2, -0.15) is 0 Å². The van der Waals surface area contributed by atoms with Crippen LogP contribution in [0, 0.1) is 17.8 Å². The molecule has 30 heavy (non-hydrogen) atoms. The molecule has 4 heteroatoms. The molecule has 1 aromatic rings. The van der Waals surface area contributed by atoms with Gasteiger partial charge in [0.05, 0.1) is 5.54 Å². The Labute approximate surface area is 185 Å². The molecule has 0 spiro atoms. The van der Waals surface area contributed by atoms with Gasteiger partial charge in [-0.05, 0) is 29.7 Å². The van der Waals surface area contributed by atoms with E-state index in [-0.39, 0.29) is 23.3 Å². The van der Waals surface area contributed by atoms with Gasteiger partial charge in [-0.3, -0.25) is 0 Å². The summed E-state index contributed by atoms with van der Waals surface area (Å²) in [5.41, 5.74) is 5.25. The molecule has 0 saturated carbocycles. The topological polar surface area (TPSA) is 27.7 Å². The fourth-order valence-electron chi connectivity index (χ4n) is 3.94. The van der Waals surface area contributed by atoms with Gasteiger partial charge in [0.15, 0.2) is 0 Å². The zero-order valence-electron chi connectivity index (χ0n) is 20.0. The van der Waals surface area contributed by atoms with Crippen molar-refractivity contribution in [3.63, 3.8) is 0 Å². The van der Waals surface area contributed by atoms with Crippen LogP contribution in [0.15, 0.2) is 78.9 Å². The van der Waals surface area contributed by atoms with E-state index in [1.165, 1.54) is 5.57 Å². The lowest BCUT2D eigenvalue weighted by molar-refractivity contribution is 0.115. The maximum atomic E-state index is 5.87. The molecule has 0 amide bonds. The van der Waals surface area contributed by atoms with Crippen molar-refractivity contribution in [2.75, 3.05) is 21.3 Å². The predicted octanol–water partition coefficient (Wildman–Crippen LogP) is 6.73. The van der Waals surface area contributed by atoms with E-state index in [1.807, 2.05) is 18.2 Å². The van der Waals surface area contributed by atoms with Gasteiger partial charge in [-0.15, -0.1) is 0 Å². The predicted molar refractivity (Wildman–Crippen MR) is 130 cm³/mol. The largest absolute Gasteiger partial charge is 0.512 e. The van der Waals surface area contributed by atoms with Crippen LogP contribution >= 0.6 is 0 Å². The molecule has 0 aliphatic heterocycles. The van der Waals surface area contributed by atoms with Gasteiger partial charge in [0.2, 0.25) is 0 Å². The Balaban J connectivity index is 3.28. The first kappa shape index (κ1) is 26.3. The fourth-order valence-corrected chi connectivity index (χ4v) is 6.45. The van der Waals surface area contributed by atoms with Gasteiger partial charge in [-0.25, -0.2) is 0 Å². The van der Waals surface area contributed by atoms with Crippen molar-refractivity contribution in [2.45, 2.75) is 39.7 Å². The summed E-state index contributed by atoms with van der Waals surface area (Å²) in [6.45, 7) is 26.1. The van der Waals surface area contributed by atoms with Crippen molar-refractivity contribution in [3.05, 3.63) is 84.5 Å². The van der Waals surface area contributed by atoms with E-state index in [1.54, 1.807) is 21.3 Å². The lowest BCUT2D eigenvalue weighted by Gasteiger charge is -2.37. The normalized spacial score (nSPS) is 15.7. The summed E-state index contributed by atoms with van der Waals surface area (Å²) in [5.74, 6) is 0.407. The highest BCUT2D eigenvalue weighted by atomic mass is 28.4. The van der Waals surface area contributed by atoms with Gasteiger partial charge in [0.1, 0.15) is 0 Å². The number of hydrogen-bond acceptors (Lipinski definition) is 3. The van der Waals surface area contributed by atoms with Crippen molar-refractivity contribution in [3.8, 4) is 0 Å². The Hall–Kier alpha value is -1.72. The maximum Gasteiger partial charge on any atom is 0.512 e. The smallest absolute Gasteiger partial charge is 0.376 e. The van der Waals surface area contributed by atoms with Crippen molar-refractivity contribution < 1.29 is 13.3 Å². The highest BCUT2D eigenvalue weighted by molar-refractivity contribution is 6.63. The van der Waals surface area contributed by atoms with Gasteiger partial charge in [0, 0.05) is 21.3 Å². The van der Waals surface area contributed by atoms with Crippen LogP contribution in [0.3, 0.4) is 0 Å². The van der Waals surface area contributed by atoms with Crippen LogP contribution < -0.4 is 0 Å². The van der Waals surface area contributed by atoms with E-state index in [0.29, 0.717) is 0 Å². The zero-order valence-corrected chi connectivity index (χ0v) is 21.0. The summed E-state index contributed by atoms with van der Waals surface area (Å²) in [6.07, 6.45) is 0.946. The second-order valence-corrected chi connectivity index (χ2v) is 11.0. The fraction of sp³-hybridized carbons (Fsp3) is 0.462. The molecule has 0 saturated heterocycles. The van der Waals surface area contributed by atoms with Gasteiger partial charge >= 0.3 is 8.80 Å². The number of rotatable bonds is 13. The van der Waals surface area contributed by atoms with E-state index in [2.05, 4.69) is 66.1 Å². The maximum absolute atomic E-state index is 5.87. The summed E-state index contributed by atoms with van der Waals surface area (Å²) in [7, 11) is 1.89. The molecule has 166 valence electrons. The summed E-state index contributed by atoms with van der Waals surface area (Å²) in [6, 6.07) is 10.2. The molecule has 0 fully saturated rings. The molecule has 1 rings (SSSR count). The SMILES string of the molecule is C=C(CC)C(C)C(=C)C(C)C(=C)C(C)C(=C)C(c1ccccc1)[Si](OC)(OC)OC. The molecule has 0 radical (unpaired) electrons. The third kappa shape index (κ3) is 5.49. The van der Waals surface area contributed by atoms with Gasteiger partial charge in [0.25, 0.3) is 0 Å². The summed E-state index contributed by atoms with van der Waals surface area (Å²) in [4.78, 5) is 0. The Bertz CT molecular complexity index is 741. The zero-order chi connectivity index (χ0) is 23.1. The average molecular weight is 429 g/mol. The molecule has 0 heterocycles. The standard InChI is InChI=1S/C26H40O3Si/c1-12-18(2)19(3)20(4)21(5)22(6)23(7)24(8)26(25-16-14-13-15-17-25)30(27-9,28-10)29-11/h13-17,19,21,23,26H,2,4,6,8,12H2,1,3,5,7,9-11H3. The van der Waals surface area contributed by atoms with Crippen LogP contribution in [0.25, 0.3) is 0 Å². The van der Waals surface area contributed by atoms with Gasteiger partial charge < -0.3 is 13.3 Å². The van der Waals surface area contributed by atoms with Crippen LogP contribution in [0.4, 0.5) is 0 Å². The third-order valence-electron chi connectivity index (χ3n) is 6.56. The monoisotopic (exact) mass is 428 g/mol. The first-order valence-corrected chi connectivity index (χ1v) is 12.4. The number of hydrogen-bond donors (Lipinski definition) is 0. The first-order valence-electron chi connectivity index (χ1n) is 10.6. The Morgan fingerprint density at radius 2 is 1.20 bits per heavy atom. The highest BCUT2D eigenvalue weighted by Gasteiger charge is 2.50. The first-order chi connectivity index (χ1) is 14.1. The minimum Gasteiger partial charge on any atom is -0.376 e. The van der Waals surface area contributed by atoms with Crippen LogP contribution in [-0.4, -0.2) is 30.1 Å². The summed E-state index contributed by atoms with van der Waals surface area (Å²) in [5, 5.41) is 0. The molecule has 0 N–H and O–H groups in total. The molecule has 0 bridgehead atoms. The van der Waals surface area contributed by atoms with Crippen molar-refractivity contribution in [1.82, 2.24) is 0 Å². The molecule has 0 aliphatic carbocycles. The van der Waals surface area contributed by atoms with Crippen LogP contribution in [0.5, 0.6) is 0 Å². The molecule has 3 nitrogen and oxygen atoms in total. The Kier molecular flexibility index (Phi) is 10.2. The molecule has 0 aliphatic rings. The highest BCUT2D eigenvalue weighted by Crippen LogP contribution is 2.42. The van der Waals surface area contributed by atoms with E-state index in [0.717, 1.165) is 28.7 Å². The van der Waals surface area contributed by atoms with Crippen LogP contribution in [0.1, 0.15) is 45.2 Å². The van der Waals surface area contributed by atoms with Crippen molar-refractivity contribution >= 4 is 8.80 Å². The van der Waals surface area contributed by atoms with Gasteiger partial charge in [-0.1, -0.05) is 107 Å². The second kappa shape index (κ2) is 11.6. The average Bonchev–Trinajstić information content (AvgIpc) is 2.79. The summed E-state index contributed by atoms with van der Waals surface area (Å²) >= 11 is 0. The van der Waals surface area contributed by atoms with E-state index in [4.69, 9.17) is 13.3 Å². The molecule has 0 aromatic heterocycles. The molecule has 4 unspecified atom stereocenters. The molecular weight excluding hydrogens is 388 g/mol. The number of allylic oxidation sites excluding steroid dienone is 4. The molecule has 4 atom stereocenters. The third-order valence-corrected chi connectivity index (χ3v) is 9.68. The van der Waals surface area contributed by atoms with E-state index in [9.17, 15) is 0 Å².